The lowest BCUT2D eigenvalue weighted by Crippen LogP contribution is -2.41. The number of hydrogen-bond donors (Lipinski definition) is 0. The van der Waals surface area contributed by atoms with Crippen LogP contribution in [0.25, 0.3) is 0 Å². The lowest BCUT2D eigenvalue weighted by Gasteiger charge is -2.23. The van der Waals surface area contributed by atoms with E-state index < -0.39 is 6.17 Å². The van der Waals surface area contributed by atoms with E-state index in [-0.39, 0.29) is 25.2 Å². The molecule has 14 heavy (non-hydrogen) atoms. The van der Waals surface area contributed by atoms with Gasteiger partial charge in [0.15, 0.2) is 0 Å². The third-order valence-corrected chi connectivity index (χ3v) is 2.23. The number of esters is 1. The second-order valence-corrected chi connectivity index (χ2v) is 3.34. The number of alkyl halides is 1. The molecule has 1 aliphatic rings. The van der Waals surface area contributed by atoms with Gasteiger partial charge in [0.05, 0.1) is 32.4 Å². The number of carbonyl (C=O) groups is 1. The molecule has 4 nitrogen and oxygen atoms in total. The second-order valence-electron chi connectivity index (χ2n) is 3.34. The highest BCUT2D eigenvalue weighted by Crippen LogP contribution is 2.14. The Morgan fingerprint density at radius 1 is 1.64 bits per heavy atom. The summed E-state index contributed by atoms with van der Waals surface area (Å²) < 4.78 is 22.9. The van der Waals surface area contributed by atoms with E-state index >= 15 is 0 Å². The summed E-state index contributed by atoms with van der Waals surface area (Å²) in [7, 11) is 1.70. The van der Waals surface area contributed by atoms with Gasteiger partial charge in [0.25, 0.3) is 0 Å². The van der Waals surface area contributed by atoms with Crippen LogP contribution in [0.4, 0.5) is 4.39 Å². The molecule has 1 rings (SSSR count). The summed E-state index contributed by atoms with van der Waals surface area (Å²) in [5.74, 6) is -0.325. The molecule has 1 aliphatic heterocycles. The van der Waals surface area contributed by atoms with Crippen molar-refractivity contribution in [1.29, 1.82) is 0 Å². The van der Waals surface area contributed by atoms with Crippen molar-refractivity contribution in [2.45, 2.75) is 19.1 Å². The minimum Gasteiger partial charge on any atom is -0.465 e. The Morgan fingerprint density at radius 3 is 2.86 bits per heavy atom. The predicted molar refractivity (Wildman–Crippen MR) is 48.8 cm³/mol. The largest absolute Gasteiger partial charge is 0.465 e. The molecule has 0 aliphatic carbocycles. The third kappa shape index (κ3) is 2.92. The Balaban J connectivity index is 2.33. The average molecular weight is 205 g/mol. The van der Waals surface area contributed by atoms with Crippen LogP contribution in [0.2, 0.25) is 0 Å². The van der Waals surface area contributed by atoms with Gasteiger partial charge in [-0.3, -0.25) is 9.69 Å². The van der Waals surface area contributed by atoms with E-state index in [9.17, 15) is 9.18 Å². The molecule has 82 valence electrons. The zero-order chi connectivity index (χ0) is 10.6. The fourth-order valence-corrected chi connectivity index (χ4v) is 1.45. The highest BCUT2D eigenvalue weighted by Gasteiger charge is 2.32. The van der Waals surface area contributed by atoms with Gasteiger partial charge >= 0.3 is 5.97 Å². The molecular formula is C9H16FNO3. The van der Waals surface area contributed by atoms with Gasteiger partial charge in [-0.2, -0.15) is 0 Å². The minimum absolute atomic E-state index is 0.113. The second kappa shape index (κ2) is 5.26. The maximum Gasteiger partial charge on any atom is 0.320 e. The highest BCUT2D eigenvalue weighted by atomic mass is 19.1. The van der Waals surface area contributed by atoms with Gasteiger partial charge in [-0.25, -0.2) is 4.39 Å². The number of rotatable bonds is 4. The molecule has 1 heterocycles. The molecule has 0 radical (unpaired) electrons. The van der Waals surface area contributed by atoms with Crippen LogP contribution in [0.15, 0.2) is 0 Å². The first-order chi connectivity index (χ1) is 6.65. The van der Waals surface area contributed by atoms with Gasteiger partial charge in [0.2, 0.25) is 0 Å². The number of halogens is 1. The predicted octanol–water partition coefficient (Wildman–Crippen LogP) is 0.218. The Bertz CT molecular complexity index is 200. The lowest BCUT2D eigenvalue weighted by atomic mass is 10.2. The summed E-state index contributed by atoms with van der Waals surface area (Å²) in [6.07, 6.45) is -1.01. The van der Waals surface area contributed by atoms with Crippen LogP contribution in [0.3, 0.4) is 0 Å². The van der Waals surface area contributed by atoms with E-state index in [1.54, 1.807) is 18.9 Å². The lowest BCUT2D eigenvalue weighted by molar-refractivity contribution is -0.144. The van der Waals surface area contributed by atoms with Crippen molar-refractivity contribution >= 4 is 5.97 Å². The molecule has 0 aromatic heterocycles. The third-order valence-electron chi connectivity index (χ3n) is 2.23. The summed E-state index contributed by atoms with van der Waals surface area (Å²) in [6, 6.07) is -0.320. The van der Waals surface area contributed by atoms with E-state index in [2.05, 4.69) is 0 Å². The van der Waals surface area contributed by atoms with E-state index in [1.165, 1.54) is 0 Å². The van der Waals surface area contributed by atoms with E-state index in [0.29, 0.717) is 13.2 Å². The van der Waals surface area contributed by atoms with Crippen LogP contribution in [0, 0.1) is 0 Å². The van der Waals surface area contributed by atoms with Crippen LogP contribution in [0.5, 0.6) is 0 Å². The van der Waals surface area contributed by atoms with Crippen LogP contribution in [-0.4, -0.2) is 56.5 Å². The van der Waals surface area contributed by atoms with Gasteiger partial charge in [-0.15, -0.1) is 0 Å². The molecule has 0 aromatic carbocycles. The van der Waals surface area contributed by atoms with Crippen molar-refractivity contribution in [2.24, 2.45) is 0 Å². The van der Waals surface area contributed by atoms with E-state index in [0.717, 1.165) is 0 Å². The minimum atomic E-state index is -1.01. The van der Waals surface area contributed by atoms with Crippen molar-refractivity contribution < 1.29 is 18.7 Å². The zero-order valence-electron chi connectivity index (χ0n) is 8.53. The molecule has 0 saturated carbocycles. The van der Waals surface area contributed by atoms with Crippen molar-refractivity contribution in [3.8, 4) is 0 Å². The number of ether oxygens (including phenoxy) is 2. The van der Waals surface area contributed by atoms with Crippen molar-refractivity contribution in [1.82, 2.24) is 4.90 Å². The van der Waals surface area contributed by atoms with E-state index in [1.807, 2.05) is 0 Å². The quantitative estimate of drug-likeness (QED) is 0.615. The molecule has 1 fully saturated rings. The van der Waals surface area contributed by atoms with Gasteiger partial charge in [0.1, 0.15) is 6.17 Å². The molecule has 1 saturated heterocycles. The summed E-state index contributed by atoms with van der Waals surface area (Å²) >= 11 is 0. The topological polar surface area (TPSA) is 38.8 Å². The van der Waals surface area contributed by atoms with Crippen LogP contribution >= 0.6 is 0 Å². The van der Waals surface area contributed by atoms with Gasteiger partial charge < -0.3 is 9.47 Å². The average Bonchev–Trinajstić information content (AvgIpc) is 2.51. The maximum absolute atomic E-state index is 13.2. The van der Waals surface area contributed by atoms with Gasteiger partial charge in [-0.05, 0) is 14.0 Å². The molecule has 0 unspecified atom stereocenters. The molecule has 0 bridgehead atoms. The van der Waals surface area contributed by atoms with Gasteiger partial charge in [-0.1, -0.05) is 0 Å². The molecule has 5 heteroatoms. The fourth-order valence-electron chi connectivity index (χ4n) is 1.45. The molecule has 2 atom stereocenters. The normalized spacial score (nSPS) is 26.9. The number of nitrogens with zero attached hydrogens (tertiary/aromatic N) is 1. The Morgan fingerprint density at radius 2 is 2.36 bits per heavy atom. The number of hydrogen-bond acceptors (Lipinski definition) is 4. The first kappa shape index (κ1) is 11.4. The smallest absolute Gasteiger partial charge is 0.320 e. The first-order valence-electron chi connectivity index (χ1n) is 4.72. The summed E-state index contributed by atoms with van der Waals surface area (Å²) in [4.78, 5) is 12.7. The van der Waals surface area contributed by atoms with Crippen LogP contribution in [0.1, 0.15) is 6.92 Å². The molecule has 0 amide bonds. The Kier molecular flexibility index (Phi) is 4.28. The van der Waals surface area contributed by atoms with Crippen molar-refractivity contribution in [3.63, 3.8) is 0 Å². The fraction of sp³-hybridized carbons (Fsp3) is 0.889. The zero-order valence-corrected chi connectivity index (χ0v) is 8.53. The summed E-state index contributed by atoms with van der Waals surface area (Å²) in [6.45, 7) is 2.68. The van der Waals surface area contributed by atoms with Crippen molar-refractivity contribution in [3.05, 3.63) is 0 Å². The molecular weight excluding hydrogens is 189 g/mol. The molecule has 0 spiro atoms. The Labute approximate surface area is 83.0 Å². The van der Waals surface area contributed by atoms with E-state index in [4.69, 9.17) is 9.47 Å². The SMILES string of the molecule is CCOC(=O)CN(C)[C@@H]1COC[C@H]1F. The van der Waals surface area contributed by atoms with Gasteiger partial charge in [0, 0.05) is 0 Å². The number of likely N-dealkylation sites (N-methyl/N-ethyl adjacent to an activating group) is 1. The molecule has 0 aromatic rings. The first-order valence-corrected chi connectivity index (χ1v) is 4.72. The monoisotopic (exact) mass is 205 g/mol. The highest BCUT2D eigenvalue weighted by molar-refractivity contribution is 5.71. The van der Waals surface area contributed by atoms with Crippen molar-refractivity contribution in [2.75, 3.05) is 33.4 Å². The maximum atomic E-state index is 13.2. The van der Waals surface area contributed by atoms with Crippen LogP contribution < -0.4 is 0 Å². The summed E-state index contributed by atoms with van der Waals surface area (Å²) in [5, 5.41) is 0. The molecule has 0 N–H and O–H groups in total. The summed E-state index contributed by atoms with van der Waals surface area (Å²) in [5.41, 5.74) is 0. The van der Waals surface area contributed by atoms with Crippen LogP contribution in [-0.2, 0) is 14.3 Å². The Hall–Kier alpha value is -0.680. The number of carbonyl (C=O) groups excluding carboxylic acids is 1. The standard InChI is InChI=1S/C9H16FNO3/c1-3-14-9(12)4-11(2)8-6-13-5-7(8)10/h7-8H,3-6H2,1-2H3/t7-,8-/m1/s1.